The topological polar surface area (TPSA) is 57.6 Å². The zero-order chi connectivity index (χ0) is 15.2. The Kier molecular flexibility index (Phi) is 5.07. The number of halogens is 1. The summed E-state index contributed by atoms with van der Waals surface area (Å²) in [5, 5.41) is 8.68. The maximum Gasteiger partial charge on any atom is 0.233 e. The van der Waals surface area contributed by atoms with Crippen molar-refractivity contribution in [1.82, 2.24) is 0 Å². The molecule has 0 aliphatic carbocycles. The van der Waals surface area contributed by atoms with Crippen LogP contribution in [0.3, 0.4) is 0 Å². The zero-order valence-electron chi connectivity index (χ0n) is 11.6. The second kappa shape index (κ2) is 7.00. The van der Waals surface area contributed by atoms with Gasteiger partial charge in [0.15, 0.2) is 0 Å². The molecular formula is C16H16FNO3. The molecule has 4 nitrogen and oxygen atoms in total. The maximum absolute atomic E-state index is 13.7. The van der Waals surface area contributed by atoms with E-state index in [2.05, 4.69) is 11.8 Å². The average molecular weight is 289 g/mol. The number of nitrogens with zero attached hydrogens (tertiary/aromatic N) is 1. The lowest BCUT2D eigenvalue weighted by Crippen LogP contribution is -2.35. The van der Waals surface area contributed by atoms with Gasteiger partial charge >= 0.3 is 0 Å². The van der Waals surface area contributed by atoms with Crippen LogP contribution in [0.1, 0.15) is 37.7 Å². The molecule has 1 saturated heterocycles. The molecule has 0 radical (unpaired) electrons. The molecule has 0 atom stereocenters. The normalized spacial score (nSPS) is 15.4. The van der Waals surface area contributed by atoms with E-state index in [0.29, 0.717) is 31.4 Å². The molecule has 1 aromatic rings. The number of imide groups is 1. The molecule has 2 rings (SSSR count). The van der Waals surface area contributed by atoms with Crippen molar-refractivity contribution in [3.8, 4) is 11.8 Å². The van der Waals surface area contributed by atoms with Crippen molar-refractivity contribution in [2.75, 3.05) is 11.5 Å². The van der Waals surface area contributed by atoms with E-state index in [9.17, 15) is 14.0 Å². The van der Waals surface area contributed by atoms with Gasteiger partial charge in [-0.1, -0.05) is 11.8 Å². The van der Waals surface area contributed by atoms with Crippen molar-refractivity contribution in [1.29, 1.82) is 0 Å². The maximum atomic E-state index is 13.7. The first-order valence-corrected chi connectivity index (χ1v) is 6.88. The van der Waals surface area contributed by atoms with Crippen LogP contribution in [0.4, 0.5) is 10.1 Å². The lowest BCUT2D eigenvalue weighted by atomic mass is 10.1. The number of aliphatic hydroxyl groups excluding tert-OH is 1. The Hall–Kier alpha value is -2.19. The molecule has 21 heavy (non-hydrogen) atoms. The summed E-state index contributed by atoms with van der Waals surface area (Å²) in [6.45, 7) is -0.0998. The van der Waals surface area contributed by atoms with E-state index in [1.54, 1.807) is 0 Å². The summed E-state index contributed by atoms with van der Waals surface area (Å²) in [6, 6.07) is 4.01. The molecule has 1 heterocycles. The highest BCUT2D eigenvalue weighted by atomic mass is 19.1. The van der Waals surface area contributed by atoms with Gasteiger partial charge in [-0.15, -0.1) is 0 Å². The monoisotopic (exact) mass is 289 g/mol. The van der Waals surface area contributed by atoms with Crippen molar-refractivity contribution in [3.05, 3.63) is 29.6 Å². The number of carbonyl (C=O) groups is 2. The van der Waals surface area contributed by atoms with Gasteiger partial charge in [-0.25, -0.2) is 4.39 Å². The molecule has 5 heteroatoms. The van der Waals surface area contributed by atoms with Gasteiger partial charge in [0.2, 0.25) is 11.8 Å². The van der Waals surface area contributed by atoms with Crippen molar-refractivity contribution in [3.63, 3.8) is 0 Å². The van der Waals surface area contributed by atoms with E-state index in [4.69, 9.17) is 5.11 Å². The Bertz CT molecular complexity index is 598. The molecule has 2 amide bonds. The quantitative estimate of drug-likeness (QED) is 0.669. The number of hydrogen-bond donors (Lipinski definition) is 1. The van der Waals surface area contributed by atoms with E-state index in [1.807, 2.05) is 0 Å². The van der Waals surface area contributed by atoms with Crippen LogP contribution in [0.2, 0.25) is 0 Å². The third-order valence-corrected chi connectivity index (χ3v) is 3.20. The molecule has 110 valence electrons. The fraction of sp³-hybridized carbons (Fsp3) is 0.375. The Morgan fingerprint density at radius 2 is 1.86 bits per heavy atom. The summed E-state index contributed by atoms with van der Waals surface area (Å²) >= 11 is 0. The third kappa shape index (κ3) is 3.67. The van der Waals surface area contributed by atoms with E-state index < -0.39 is 5.82 Å². The Morgan fingerprint density at radius 1 is 1.19 bits per heavy atom. The molecule has 1 fully saturated rings. The molecule has 1 aromatic carbocycles. The highest BCUT2D eigenvalue weighted by Gasteiger charge is 2.26. The van der Waals surface area contributed by atoms with Crippen LogP contribution < -0.4 is 4.90 Å². The van der Waals surface area contributed by atoms with Crippen LogP contribution >= 0.6 is 0 Å². The molecule has 1 aliphatic rings. The number of anilines is 1. The largest absolute Gasteiger partial charge is 0.395 e. The number of aliphatic hydroxyl groups is 1. The van der Waals surface area contributed by atoms with Crippen LogP contribution in [0.5, 0.6) is 0 Å². The van der Waals surface area contributed by atoms with Crippen LogP contribution in [0.15, 0.2) is 18.2 Å². The first-order chi connectivity index (χ1) is 10.1. The standard InChI is InChI=1S/C16H16FNO3/c17-14-9-8-13(11-12(14)5-3-4-10-19)18-15(20)6-1-2-7-16(18)21/h8-9,11,19H,1-2,4,6-7,10H2. The van der Waals surface area contributed by atoms with Crippen molar-refractivity contribution < 1.29 is 19.1 Å². The first kappa shape index (κ1) is 15.2. The lowest BCUT2D eigenvalue weighted by Gasteiger charge is -2.19. The highest BCUT2D eigenvalue weighted by Crippen LogP contribution is 2.23. The molecule has 0 unspecified atom stereocenters. The number of hydrogen-bond acceptors (Lipinski definition) is 3. The number of rotatable bonds is 2. The van der Waals surface area contributed by atoms with Crippen molar-refractivity contribution >= 4 is 17.5 Å². The minimum absolute atomic E-state index is 0.0998. The average Bonchev–Trinajstić information content (AvgIpc) is 2.63. The van der Waals surface area contributed by atoms with Gasteiger partial charge in [-0.3, -0.25) is 14.5 Å². The molecule has 0 aromatic heterocycles. The van der Waals surface area contributed by atoms with Gasteiger partial charge in [0.05, 0.1) is 17.9 Å². The van der Waals surface area contributed by atoms with Crippen LogP contribution in [0, 0.1) is 17.7 Å². The smallest absolute Gasteiger partial charge is 0.233 e. The van der Waals surface area contributed by atoms with Crippen LogP contribution in [-0.2, 0) is 9.59 Å². The predicted octanol–water partition coefficient (Wildman–Crippen LogP) is 1.99. The molecular weight excluding hydrogens is 273 g/mol. The Labute approximate surface area is 122 Å². The first-order valence-electron chi connectivity index (χ1n) is 6.88. The summed E-state index contributed by atoms with van der Waals surface area (Å²) in [5.74, 6) is 4.19. The summed E-state index contributed by atoms with van der Waals surface area (Å²) in [6.07, 6.45) is 2.24. The van der Waals surface area contributed by atoms with Crippen molar-refractivity contribution in [2.24, 2.45) is 0 Å². The molecule has 0 saturated carbocycles. The minimum atomic E-state index is -0.515. The predicted molar refractivity (Wildman–Crippen MR) is 75.9 cm³/mol. The molecule has 1 N–H and O–H groups in total. The fourth-order valence-corrected chi connectivity index (χ4v) is 2.16. The van der Waals surface area contributed by atoms with E-state index in [0.717, 1.165) is 4.90 Å². The van der Waals surface area contributed by atoms with Gasteiger partial charge < -0.3 is 5.11 Å². The van der Waals surface area contributed by atoms with E-state index >= 15 is 0 Å². The van der Waals surface area contributed by atoms with Gasteiger partial charge in [0.25, 0.3) is 0 Å². The number of amides is 2. The second-order valence-electron chi connectivity index (χ2n) is 4.77. The van der Waals surface area contributed by atoms with Gasteiger partial charge in [0, 0.05) is 19.3 Å². The summed E-state index contributed by atoms with van der Waals surface area (Å²) in [5.41, 5.74) is 0.465. The zero-order valence-corrected chi connectivity index (χ0v) is 11.6. The third-order valence-electron chi connectivity index (χ3n) is 3.20. The highest BCUT2D eigenvalue weighted by molar-refractivity contribution is 6.15. The molecule has 1 aliphatic heterocycles. The van der Waals surface area contributed by atoms with Gasteiger partial charge in [-0.05, 0) is 31.0 Å². The SMILES string of the molecule is O=C1CCCCC(=O)N1c1ccc(F)c(C#CCCO)c1. The molecule has 0 spiro atoms. The summed E-state index contributed by atoms with van der Waals surface area (Å²) in [4.78, 5) is 25.2. The summed E-state index contributed by atoms with van der Waals surface area (Å²) < 4.78 is 13.7. The second-order valence-corrected chi connectivity index (χ2v) is 4.77. The Balaban J connectivity index is 2.35. The fourth-order valence-electron chi connectivity index (χ4n) is 2.16. The lowest BCUT2D eigenvalue weighted by molar-refractivity contribution is -0.125. The van der Waals surface area contributed by atoms with E-state index in [-0.39, 0.29) is 30.4 Å². The van der Waals surface area contributed by atoms with E-state index in [1.165, 1.54) is 18.2 Å². The van der Waals surface area contributed by atoms with Gasteiger partial charge in [-0.2, -0.15) is 0 Å². The summed E-state index contributed by atoms with van der Waals surface area (Å²) in [7, 11) is 0. The van der Waals surface area contributed by atoms with Gasteiger partial charge in [0.1, 0.15) is 5.82 Å². The van der Waals surface area contributed by atoms with Crippen LogP contribution in [0.25, 0.3) is 0 Å². The number of benzene rings is 1. The molecule has 0 bridgehead atoms. The van der Waals surface area contributed by atoms with Crippen molar-refractivity contribution in [2.45, 2.75) is 32.1 Å². The minimum Gasteiger partial charge on any atom is -0.395 e. The Morgan fingerprint density at radius 3 is 2.48 bits per heavy atom. The number of carbonyl (C=O) groups excluding carboxylic acids is 2. The van der Waals surface area contributed by atoms with Crippen LogP contribution in [-0.4, -0.2) is 23.5 Å².